The summed E-state index contributed by atoms with van der Waals surface area (Å²) in [4.78, 5) is 17.1. The maximum atomic E-state index is 13.4. The number of benzene rings is 1. The average molecular weight is 328 g/mol. The number of guanidine groups is 1. The maximum Gasteiger partial charge on any atom is 0.243 e. The molecule has 0 aromatic heterocycles. The number of nitrogens with zero attached hydrogens (tertiary/aromatic N) is 2. The molecule has 1 amide bonds. The first-order valence-corrected chi connectivity index (χ1v) is 7.24. The van der Waals surface area contributed by atoms with Crippen molar-refractivity contribution >= 4 is 11.9 Å². The lowest BCUT2D eigenvalue weighted by molar-refractivity contribution is -0.127. The molecule has 2 N–H and O–H groups in total. The normalized spacial score (nSPS) is 11.1. The van der Waals surface area contributed by atoms with Gasteiger partial charge in [0.05, 0.1) is 6.54 Å². The van der Waals surface area contributed by atoms with Gasteiger partial charge in [0.2, 0.25) is 5.91 Å². The SMILES string of the molecule is CCNC(=NCC(=O)N(C)C)NCCOc1ccc(F)cc1F. The lowest BCUT2D eigenvalue weighted by atomic mass is 10.3. The Morgan fingerprint density at radius 3 is 2.65 bits per heavy atom. The molecule has 0 atom stereocenters. The third-order valence-corrected chi connectivity index (χ3v) is 2.76. The number of likely N-dealkylation sites (N-methyl/N-ethyl adjacent to an activating group) is 1. The number of carbonyl (C=O) groups excluding carboxylic acids is 1. The summed E-state index contributed by atoms with van der Waals surface area (Å²) in [6.07, 6.45) is 0. The van der Waals surface area contributed by atoms with Crippen molar-refractivity contribution in [3.8, 4) is 5.75 Å². The number of ether oxygens (including phenoxy) is 1. The van der Waals surface area contributed by atoms with Gasteiger partial charge in [0, 0.05) is 26.7 Å². The zero-order chi connectivity index (χ0) is 17.2. The van der Waals surface area contributed by atoms with Crippen LogP contribution in [-0.2, 0) is 4.79 Å². The summed E-state index contributed by atoms with van der Waals surface area (Å²) in [5.74, 6) is -1.07. The Morgan fingerprint density at radius 2 is 2.04 bits per heavy atom. The number of rotatable bonds is 7. The second-order valence-corrected chi connectivity index (χ2v) is 4.83. The first-order valence-electron chi connectivity index (χ1n) is 7.24. The molecule has 0 saturated heterocycles. The molecule has 0 bridgehead atoms. The molecule has 6 nitrogen and oxygen atoms in total. The molecule has 0 radical (unpaired) electrons. The Labute approximate surface area is 134 Å². The van der Waals surface area contributed by atoms with Crippen LogP contribution in [0.5, 0.6) is 5.75 Å². The Balaban J connectivity index is 2.43. The van der Waals surface area contributed by atoms with Crippen LogP contribution < -0.4 is 15.4 Å². The van der Waals surface area contributed by atoms with E-state index in [9.17, 15) is 13.6 Å². The van der Waals surface area contributed by atoms with E-state index in [4.69, 9.17) is 4.74 Å². The molecule has 8 heteroatoms. The van der Waals surface area contributed by atoms with E-state index in [0.29, 0.717) is 19.0 Å². The van der Waals surface area contributed by atoms with Crippen LogP contribution in [0.25, 0.3) is 0 Å². The van der Waals surface area contributed by atoms with Crippen LogP contribution in [0.2, 0.25) is 0 Å². The number of halogens is 2. The van der Waals surface area contributed by atoms with Gasteiger partial charge in [0.1, 0.15) is 19.0 Å². The molecular formula is C15H22F2N4O2. The molecule has 23 heavy (non-hydrogen) atoms. The number of aliphatic imine (C=N–C) groups is 1. The highest BCUT2D eigenvalue weighted by atomic mass is 19.1. The molecule has 1 aromatic rings. The van der Waals surface area contributed by atoms with Gasteiger partial charge in [0.25, 0.3) is 0 Å². The third kappa shape index (κ3) is 6.94. The van der Waals surface area contributed by atoms with Crippen molar-refractivity contribution in [3.63, 3.8) is 0 Å². The van der Waals surface area contributed by atoms with E-state index in [0.717, 1.165) is 12.1 Å². The van der Waals surface area contributed by atoms with Crippen LogP contribution in [0, 0.1) is 11.6 Å². The molecule has 0 aliphatic heterocycles. The maximum absolute atomic E-state index is 13.4. The Hall–Kier alpha value is -2.38. The second kappa shape index (κ2) is 9.60. The van der Waals surface area contributed by atoms with Gasteiger partial charge < -0.3 is 20.3 Å². The van der Waals surface area contributed by atoms with Crippen LogP contribution >= 0.6 is 0 Å². The largest absolute Gasteiger partial charge is 0.489 e. The lowest BCUT2D eigenvalue weighted by Crippen LogP contribution is -2.40. The molecule has 0 aliphatic rings. The van der Waals surface area contributed by atoms with Crippen molar-refractivity contribution < 1.29 is 18.3 Å². The van der Waals surface area contributed by atoms with Gasteiger partial charge in [-0.25, -0.2) is 13.8 Å². The van der Waals surface area contributed by atoms with E-state index in [1.54, 1.807) is 14.1 Å². The van der Waals surface area contributed by atoms with Gasteiger partial charge in [0.15, 0.2) is 17.5 Å². The summed E-state index contributed by atoms with van der Waals surface area (Å²) in [6.45, 7) is 3.06. The average Bonchev–Trinajstić information content (AvgIpc) is 2.50. The fraction of sp³-hybridized carbons (Fsp3) is 0.467. The number of nitrogens with one attached hydrogen (secondary N) is 2. The van der Waals surface area contributed by atoms with Gasteiger partial charge in [-0.15, -0.1) is 0 Å². The molecule has 0 saturated carbocycles. The zero-order valence-corrected chi connectivity index (χ0v) is 13.5. The number of hydrogen-bond donors (Lipinski definition) is 2. The Morgan fingerprint density at radius 1 is 1.30 bits per heavy atom. The summed E-state index contributed by atoms with van der Waals surface area (Å²) in [6, 6.07) is 3.13. The lowest BCUT2D eigenvalue weighted by Gasteiger charge is -2.13. The minimum Gasteiger partial charge on any atom is -0.489 e. The fourth-order valence-electron chi connectivity index (χ4n) is 1.55. The topological polar surface area (TPSA) is 66.0 Å². The summed E-state index contributed by atoms with van der Waals surface area (Å²) < 4.78 is 31.4. The minimum absolute atomic E-state index is 0.0158. The fourth-order valence-corrected chi connectivity index (χ4v) is 1.55. The van der Waals surface area contributed by atoms with Crippen molar-refractivity contribution in [3.05, 3.63) is 29.8 Å². The molecule has 0 aliphatic carbocycles. The van der Waals surface area contributed by atoms with Crippen molar-refractivity contribution in [2.45, 2.75) is 6.92 Å². The van der Waals surface area contributed by atoms with Crippen LogP contribution in [0.4, 0.5) is 8.78 Å². The molecule has 1 aromatic carbocycles. The Kier molecular flexibility index (Phi) is 7.79. The van der Waals surface area contributed by atoms with Gasteiger partial charge in [-0.3, -0.25) is 4.79 Å². The molecule has 128 valence electrons. The van der Waals surface area contributed by atoms with Gasteiger partial charge in [-0.1, -0.05) is 0 Å². The van der Waals surface area contributed by atoms with Crippen LogP contribution in [0.3, 0.4) is 0 Å². The molecular weight excluding hydrogens is 306 g/mol. The van der Waals surface area contributed by atoms with E-state index in [1.807, 2.05) is 6.92 Å². The highest BCUT2D eigenvalue weighted by Crippen LogP contribution is 2.17. The summed E-state index contributed by atoms with van der Waals surface area (Å²) in [5, 5.41) is 5.95. The van der Waals surface area contributed by atoms with Gasteiger partial charge in [-0.05, 0) is 19.1 Å². The van der Waals surface area contributed by atoms with Crippen molar-refractivity contribution in [2.75, 3.05) is 40.3 Å². The van der Waals surface area contributed by atoms with Crippen LogP contribution in [0.15, 0.2) is 23.2 Å². The summed E-state index contributed by atoms with van der Waals surface area (Å²) >= 11 is 0. The molecule has 0 unspecified atom stereocenters. The standard InChI is InChI=1S/C15H22F2N4O2/c1-4-18-15(20-10-14(22)21(2)3)19-7-8-23-13-6-5-11(16)9-12(13)17/h5-6,9H,4,7-8,10H2,1-3H3,(H2,18,19,20). The minimum atomic E-state index is -0.748. The zero-order valence-electron chi connectivity index (χ0n) is 13.5. The van der Waals surface area contributed by atoms with Crippen LogP contribution in [-0.4, -0.2) is 57.1 Å². The predicted octanol–water partition coefficient (Wildman–Crippen LogP) is 0.987. The molecule has 1 rings (SSSR count). The first kappa shape index (κ1) is 18.7. The highest BCUT2D eigenvalue weighted by Gasteiger charge is 2.06. The predicted molar refractivity (Wildman–Crippen MR) is 84.5 cm³/mol. The van der Waals surface area contributed by atoms with Gasteiger partial charge in [-0.2, -0.15) is 0 Å². The second-order valence-electron chi connectivity index (χ2n) is 4.83. The van der Waals surface area contributed by atoms with Crippen LogP contribution in [0.1, 0.15) is 6.92 Å². The number of amides is 1. The van der Waals surface area contributed by atoms with E-state index < -0.39 is 11.6 Å². The van der Waals surface area contributed by atoms with E-state index in [2.05, 4.69) is 15.6 Å². The van der Waals surface area contributed by atoms with Crippen molar-refractivity contribution in [1.29, 1.82) is 0 Å². The van der Waals surface area contributed by atoms with Gasteiger partial charge >= 0.3 is 0 Å². The third-order valence-electron chi connectivity index (χ3n) is 2.76. The quantitative estimate of drug-likeness (QED) is 0.445. The highest BCUT2D eigenvalue weighted by molar-refractivity contribution is 5.84. The number of carbonyl (C=O) groups is 1. The smallest absolute Gasteiger partial charge is 0.243 e. The first-order chi connectivity index (χ1) is 10.9. The van der Waals surface area contributed by atoms with Crippen molar-refractivity contribution in [1.82, 2.24) is 15.5 Å². The molecule has 0 fully saturated rings. The molecule has 0 spiro atoms. The van der Waals surface area contributed by atoms with E-state index in [1.165, 1.54) is 11.0 Å². The summed E-state index contributed by atoms with van der Waals surface area (Å²) in [7, 11) is 3.31. The molecule has 0 heterocycles. The Bertz CT molecular complexity index is 550. The van der Waals surface area contributed by atoms with E-state index in [-0.39, 0.29) is 24.8 Å². The summed E-state index contributed by atoms with van der Waals surface area (Å²) in [5.41, 5.74) is 0. The number of hydrogen-bond acceptors (Lipinski definition) is 3. The van der Waals surface area contributed by atoms with Crippen molar-refractivity contribution in [2.24, 2.45) is 4.99 Å². The monoisotopic (exact) mass is 328 g/mol. The van der Waals surface area contributed by atoms with E-state index >= 15 is 0 Å².